The first-order valence-corrected chi connectivity index (χ1v) is 12.0. The Bertz CT molecular complexity index is 964. The fourth-order valence-corrected chi connectivity index (χ4v) is 4.53. The molecule has 0 saturated carbocycles. The van der Waals surface area contributed by atoms with Crippen molar-refractivity contribution >= 4 is 21.9 Å². The van der Waals surface area contributed by atoms with Gasteiger partial charge in [0.1, 0.15) is 0 Å². The maximum Gasteiger partial charge on any atom is 0.240 e. The topological polar surface area (TPSA) is 104 Å². The molecule has 8 nitrogen and oxygen atoms in total. The minimum atomic E-state index is -3.64. The molecule has 0 unspecified atom stereocenters. The van der Waals surface area contributed by atoms with Crippen LogP contribution in [0.5, 0.6) is 0 Å². The third-order valence-corrected chi connectivity index (χ3v) is 6.85. The van der Waals surface area contributed by atoms with Gasteiger partial charge in [0, 0.05) is 44.5 Å². The molecule has 1 saturated heterocycles. The first-order valence-electron chi connectivity index (χ1n) is 10.6. The van der Waals surface area contributed by atoms with Crippen LogP contribution in [0.1, 0.15) is 45.6 Å². The van der Waals surface area contributed by atoms with Crippen LogP contribution in [0.3, 0.4) is 0 Å². The van der Waals surface area contributed by atoms with Gasteiger partial charge >= 0.3 is 0 Å². The number of sulfonamides is 1. The van der Waals surface area contributed by atoms with Crippen molar-refractivity contribution in [2.75, 3.05) is 24.5 Å². The van der Waals surface area contributed by atoms with Crippen molar-refractivity contribution in [2.24, 2.45) is 0 Å². The number of piperidine rings is 1. The van der Waals surface area contributed by atoms with E-state index in [9.17, 15) is 13.2 Å². The van der Waals surface area contributed by atoms with Gasteiger partial charge in [-0.25, -0.2) is 23.1 Å². The van der Waals surface area contributed by atoms with Gasteiger partial charge in [-0.15, -0.1) is 0 Å². The van der Waals surface area contributed by atoms with Crippen molar-refractivity contribution in [1.29, 1.82) is 0 Å². The average Bonchev–Trinajstić information content (AvgIpc) is 2.74. The van der Waals surface area contributed by atoms with Gasteiger partial charge in [0.15, 0.2) is 0 Å². The minimum absolute atomic E-state index is 0.0436. The smallest absolute Gasteiger partial charge is 0.240 e. The lowest BCUT2D eigenvalue weighted by molar-refractivity contribution is -0.121. The summed E-state index contributed by atoms with van der Waals surface area (Å²) in [6.07, 6.45) is 5.14. The molecule has 1 aliphatic rings. The van der Waals surface area contributed by atoms with E-state index < -0.39 is 10.0 Å². The van der Waals surface area contributed by atoms with Crippen LogP contribution in [0.2, 0.25) is 0 Å². The Morgan fingerprint density at radius 3 is 2.29 bits per heavy atom. The number of hydrogen-bond acceptors (Lipinski definition) is 6. The minimum Gasteiger partial charge on any atom is -0.353 e. The maximum absolute atomic E-state index is 12.5. The van der Waals surface area contributed by atoms with E-state index in [4.69, 9.17) is 0 Å². The van der Waals surface area contributed by atoms with Gasteiger partial charge in [-0.3, -0.25) is 4.79 Å². The largest absolute Gasteiger partial charge is 0.353 e. The number of hydrogen-bond donors (Lipinski definition) is 2. The lowest BCUT2D eigenvalue weighted by Crippen LogP contribution is -2.45. The molecule has 0 atom stereocenters. The zero-order valence-electron chi connectivity index (χ0n) is 18.3. The first kappa shape index (κ1) is 23.1. The Kier molecular flexibility index (Phi) is 7.27. The zero-order valence-corrected chi connectivity index (χ0v) is 19.2. The van der Waals surface area contributed by atoms with Crippen molar-refractivity contribution in [3.8, 4) is 0 Å². The lowest BCUT2D eigenvalue weighted by atomic mass is 9.87. The second kappa shape index (κ2) is 9.74. The fraction of sp³-hybridized carbons (Fsp3) is 0.500. The Balaban J connectivity index is 1.42. The molecule has 1 fully saturated rings. The van der Waals surface area contributed by atoms with Gasteiger partial charge in [0.25, 0.3) is 0 Å². The number of benzene rings is 1. The highest BCUT2D eigenvalue weighted by Crippen LogP contribution is 2.23. The molecule has 2 aromatic rings. The van der Waals surface area contributed by atoms with E-state index in [0.29, 0.717) is 5.95 Å². The summed E-state index contributed by atoms with van der Waals surface area (Å²) in [4.78, 5) is 23.1. The number of rotatable bonds is 7. The van der Waals surface area contributed by atoms with E-state index in [2.05, 4.69) is 45.7 Å². The normalized spacial score (nSPS) is 15.6. The predicted octanol–water partition coefficient (Wildman–Crippen LogP) is 2.23. The molecular formula is C22H31N5O3S. The Morgan fingerprint density at radius 2 is 1.71 bits per heavy atom. The van der Waals surface area contributed by atoms with Gasteiger partial charge in [-0.2, -0.15) is 0 Å². The quantitative estimate of drug-likeness (QED) is 0.677. The SMILES string of the molecule is CC(C)(C)c1ccc(S(=O)(=O)NCCC(=O)NC2CCN(c3ncccn3)CC2)cc1. The van der Waals surface area contributed by atoms with Crippen molar-refractivity contribution in [2.45, 2.75) is 56.4 Å². The van der Waals surface area contributed by atoms with Crippen molar-refractivity contribution in [3.05, 3.63) is 48.3 Å². The Hall–Kier alpha value is -2.52. The summed E-state index contributed by atoms with van der Waals surface area (Å²) in [6, 6.07) is 8.72. The molecule has 1 amide bonds. The highest BCUT2D eigenvalue weighted by Gasteiger charge is 2.22. The molecule has 31 heavy (non-hydrogen) atoms. The van der Waals surface area contributed by atoms with Gasteiger partial charge in [-0.1, -0.05) is 32.9 Å². The standard InChI is InChI=1S/C22H31N5O3S/c1-22(2,3)17-5-7-19(8-6-17)31(29,30)25-14-9-20(28)26-18-10-15-27(16-11-18)21-23-12-4-13-24-21/h4-8,12-13,18,25H,9-11,14-16H2,1-3H3,(H,26,28). The highest BCUT2D eigenvalue weighted by atomic mass is 32.2. The van der Waals surface area contributed by atoms with E-state index in [1.807, 2.05) is 12.1 Å². The molecule has 1 aliphatic heterocycles. The van der Waals surface area contributed by atoms with Crippen LogP contribution in [-0.2, 0) is 20.2 Å². The van der Waals surface area contributed by atoms with Crippen LogP contribution in [0.15, 0.2) is 47.6 Å². The number of anilines is 1. The van der Waals surface area contributed by atoms with E-state index in [1.165, 1.54) is 0 Å². The summed E-state index contributed by atoms with van der Waals surface area (Å²) in [5.74, 6) is 0.553. The van der Waals surface area contributed by atoms with Gasteiger partial charge in [0.2, 0.25) is 21.9 Å². The second-order valence-electron chi connectivity index (χ2n) is 8.80. The molecule has 0 bridgehead atoms. The van der Waals surface area contributed by atoms with Gasteiger partial charge in [-0.05, 0) is 42.0 Å². The molecule has 2 N–H and O–H groups in total. The molecule has 0 spiro atoms. The molecular weight excluding hydrogens is 414 g/mol. The van der Waals surface area contributed by atoms with E-state index in [-0.39, 0.29) is 35.2 Å². The second-order valence-corrected chi connectivity index (χ2v) is 10.6. The zero-order chi connectivity index (χ0) is 22.5. The number of carbonyl (C=O) groups excluding carboxylic acids is 1. The molecule has 0 radical (unpaired) electrons. The Labute approximate surface area is 184 Å². The van der Waals surface area contributed by atoms with Crippen molar-refractivity contribution in [3.63, 3.8) is 0 Å². The van der Waals surface area contributed by atoms with Crippen LogP contribution >= 0.6 is 0 Å². The Morgan fingerprint density at radius 1 is 1.10 bits per heavy atom. The van der Waals surface area contributed by atoms with Crippen LogP contribution in [0.25, 0.3) is 0 Å². The molecule has 168 valence electrons. The third-order valence-electron chi connectivity index (χ3n) is 5.37. The van der Waals surface area contributed by atoms with E-state index in [0.717, 1.165) is 31.5 Å². The average molecular weight is 446 g/mol. The van der Waals surface area contributed by atoms with E-state index >= 15 is 0 Å². The summed E-state index contributed by atoms with van der Waals surface area (Å²) in [5.41, 5.74) is 1.02. The number of amides is 1. The number of aromatic nitrogens is 2. The molecule has 0 aliphatic carbocycles. The van der Waals surface area contributed by atoms with Crippen LogP contribution in [0, 0.1) is 0 Å². The predicted molar refractivity (Wildman–Crippen MR) is 120 cm³/mol. The van der Waals surface area contributed by atoms with Crippen LogP contribution in [0.4, 0.5) is 5.95 Å². The van der Waals surface area contributed by atoms with Crippen molar-refractivity contribution in [1.82, 2.24) is 20.0 Å². The van der Waals surface area contributed by atoms with Crippen molar-refractivity contribution < 1.29 is 13.2 Å². The summed E-state index contributed by atoms with van der Waals surface area (Å²) in [6.45, 7) is 7.83. The molecule has 9 heteroatoms. The van der Waals surface area contributed by atoms with Gasteiger partial charge < -0.3 is 10.2 Å². The van der Waals surface area contributed by atoms with Crippen LogP contribution < -0.4 is 14.9 Å². The number of nitrogens with zero attached hydrogens (tertiary/aromatic N) is 3. The summed E-state index contributed by atoms with van der Waals surface area (Å²) in [7, 11) is -3.64. The first-order chi connectivity index (χ1) is 14.6. The number of nitrogens with one attached hydrogen (secondary N) is 2. The molecule has 3 rings (SSSR count). The van der Waals surface area contributed by atoms with Crippen LogP contribution in [-0.4, -0.2) is 50.0 Å². The summed E-state index contributed by atoms with van der Waals surface area (Å²) in [5, 5.41) is 3.00. The molecule has 1 aromatic heterocycles. The monoisotopic (exact) mass is 445 g/mol. The molecule has 2 heterocycles. The molecule has 1 aromatic carbocycles. The fourth-order valence-electron chi connectivity index (χ4n) is 3.49. The lowest BCUT2D eigenvalue weighted by Gasteiger charge is -2.32. The third kappa shape index (κ3) is 6.48. The maximum atomic E-state index is 12.5. The summed E-state index contributed by atoms with van der Waals surface area (Å²) < 4.78 is 27.5. The highest BCUT2D eigenvalue weighted by molar-refractivity contribution is 7.89. The van der Waals surface area contributed by atoms with E-state index in [1.54, 1.807) is 30.6 Å². The number of carbonyl (C=O) groups is 1. The summed E-state index contributed by atoms with van der Waals surface area (Å²) >= 11 is 0. The van der Waals surface area contributed by atoms with Gasteiger partial charge in [0.05, 0.1) is 4.90 Å².